The van der Waals surface area contributed by atoms with Crippen LogP contribution in [0, 0.1) is 6.92 Å². The first-order valence-electron chi connectivity index (χ1n) is 5.47. The molecule has 1 aliphatic heterocycles. The molecule has 14 heavy (non-hydrogen) atoms. The van der Waals surface area contributed by atoms with Crippen molar-refractivity contribution in [2.24, 2.45) is 0 Å². The van der Waals surface area contributed by atoms with Crippen molar-refractivity contribution in [1.82, 2.24) is 5.32 Å². The lowest BCUT2D eigenvalue weighted by atomic mass is 9.79. The van der Waals surface area contributed by atoms with Crippen LogP contribution in [0.3, 0.4) is 0 Å². The van der Waals surface area contributed by atoms with Crippen LogP contribution in [0.5, 0.6) is 0 Å². The summed E-state index contributed by atoms with van der Waals surface area (Å²) < 4.78 is 5.76. The minimum Gasteiger partial charge on any atom is -0.466 e. The van der Waals surface area contributed by atoms with E-state index >= 15 is 0 Å². The van der Waals surface area contributed by atoms with Gasteiger partial charge in [0.1, 0.15) is 11.5 Å². The molecule has 0 radical (unpaired) electrons. The van der Waals surface area contributed by atoms with Gasteiger partial charge in [-0.25, -0.2) is 0 Å². The number of nitrogens with one attached hydrogen (secondary N) is 1. The molecule has 1 N–H and O–H groups in total. The molecular formula is C12H19NO. The normalized spacial score (nSPS) is 32.4. The standard InChI is InChI=1S/C12H19NO/c1-4-10-12(3,7-8-13-10)11-6-5-9(2)14-11/h5-6,10,13H,4,7-8H2,1-3H3. The first kappa shape index (κ1) is 9.78. The summed E-state index contributed by atoms with van der Waals surface area (Å²) in [6.07, 6.45) is 2.34. The van der Waals surface area contributed by atoms with Crippen molar-refractivity contribution in [3.63, 3.8) is 0 Å². The van der Waals surface area contributed by atoms with Crippen LogP contribution in [-0.4, -0.2) is 12.6 Å². The summed E-state index contributed by atoms with van der Waals surface area (Å²) >= 11 is 0. The summed E-state index contributed by atoms with van der Waals surface area (Å²) in [5.74, 6) is 2.16. The largest absolute Gasteiger partial charge is 0.466 e. The third kappa shape index (κ3) is 1.38. The number of rotatable bonds is 2. The van der Waals surface area contributed by atoms with Gasteiger partial charge < -0.3 is 9.73 Å². The molecule has 2 atom stereocenters. The van der Waals surface area contributed by atoms with E-state index in [0.717, 1.165) is 24.5 Å². The number of hydrogen-bond donors (Lipinski definition) is 1. The Morgan fingerprint density at radius 3 is 2.93 bits per heavy atom. The van der Waals surface area contributed by atoms with Gasteiger partial charge in [-0.05, 0) is 38.4 Å². The fourth-order valence-corrected chi connectivity index (χ4v) is 2.54. The molecule has 0 amide bonds. The first-order chi connectivity index (χ1) is 6.66. The maximum Gasteiger partial charge on any atom is 0.111 e. The molecule has 2 nitrogen and oxygen atoms in total. The van der Waals surface area contributed by atoms with Gasteiger partial charge in [-0.2, -0.15) is 0 Å². The first-order valence-corrected chi connectivity index (χ1v) is 5.47. The van der Waals surface area contributed by atoms with Crippen molar-refractivity contribution in [3.8, 4) is 0 Å². The molecule has 2 unspecified atom stereocenters. The molecule has 0 aliphatic carbocycles. The zero-order chi connectivity index (χ0) is 10.2. The van der Waals surface area contributed by atoms with E-state index < -0.39 is 0 Å². The van der Waals surface area contributed by atoms with Gasteiger partial charge in [0.05, 0.1) is 0 Å². The Morgan fingerprint density at radius 1 is 1.57 bits per heavy atom. The van der Waals surface area contributed by atoms with E-state index in [-0.39, 0.29) is 5.41 Å². The molecular weight excluding hydrogens is 174 g/mol. The molecule has 2 heterocycles. The summed E-state index contributed by atoms with van der Waals surface area (Å²) in [5.41, 5.74) is 0.197. The van der Waals surface area contributed by atoms with Crippen LogP contribution in [0.1, 0.15) is 38.2 Å². The second-order valence-electron chi connectivity index (χ2n) is 4.49. The van der Waals surface area contributed by atoms with Crippen LogP contribution in [0.4, 0.5) is 0 Å². The van der Waals surface area contributed by atoms with Crippen molar-refractivity contribution in [1.29, 1.82) is 0 Å². The SMILES string of the molecule is CCC1NCCC1(C)c1ccc(C)o1. The molecule has 0 saturated carbocycles. The summed E-state index contributed by atoms with van der Waals surface area (Å²) in [6.45, 7) is 7.65. The van der Waals surface area contributed by atoms with Crippen LogP contribution < -0.4 is 5.32 Å². The third-order valence-electron chi connectivity index (χ3n) is 3.52. The van der Waals surface area contributed by atoms with E-state index in [2.05, 4.69) is 31.3 Å². The molecule has 0 spiro atoms. The summed E-state index contributed by atoms with van der Waals surface area (Å²) in [7, 11) is 0. The third-order valence-corrected chi connectivity index (χ3v) is 3.52. The van der Waals surface area contributed by atoms with E-state index in [1.807, 2.05) is 6.92 Å². The van der Waals surface area contributed by atoms with Gasteiger partial charge in [-0.3, -0.25) is 0 Å². The van der Waals surface area contributed by atoms with Gasteiger partial charge >= 0.3 is 0 Å². The molecule has 1 fully saturated rings. The summed E-state index contributed by atoms with van der Waals surface area (Å²) in [5, 5.41) is 3.54. The molecule has 1 saturated heterocycles. The molecule has 1 aliphatic rings. The lowest BCUT2D eigenvalue weighted by molar-refractivity contribution is 0.311. The van der Waals surface area contributed by atoms with Crippen LogP contribution >= 0.6 is 0 Å². The van der Waals surface area contributed by atoms with E-state index in [4.69, 9.17) is 4.42 Å². The van der Waals surface area contributed by atoms with E-state index in [9.17, 15) is 0 Å². The highest BCUT2D eigenvalue weighted by Crippen LogP contribution is 2.37. The van der Waals surface area contributed by atoms with Crippen LogP contribution in [0.25, 0.3) is 0 Å². The van der Waals surface area contributed by atoms with Crippen molar-refractivity contribution in [3.05, 3.63) is 23.7 Å². The minimum atomic E-state index is 0.197. The molecule has 0 aromatic carbocycles. The Hall–Kier alpha value is -0.760. The Kier molecular flexibility index (Phi) is 2.40. The van der Waals surface area contributed by atoms with Crippen molar-refractivity contribution in [2.75, 3.05) is 6.54 Å². The van der Waals surface area contributed by atoms with E-state index in [1.165, 1.54) is 6.42 Å². The topological polar surface area (TPSA) is 25.2 Å². The highest BCUT2D eigenvalue weighted by molar-refractivity contribution is 5.21. The van der Waals surface area contributed by atoms with Crippen molar-refractivity contribution in [2.45, 2.75) is 45.1 Å². The predicted octanol–water partition coefficient (Wildman–Crippen LogP) is 2.62. The predicted molar refractivity (Wildman–Crippen MR) is 57.5 cm³/mol. The van der Waals surface area contributed by atoms with Crippen LogP contribution in [0.15, 0.2) is 16.5 Å². The molecule has 1 aromatic heterocycles. The highest BCUT2D eigenvalue weighted by Gasteiger charge is 2.41. The maximum atomic E-state index is 5.76. The summed E-state index contributed by atoms with van der Waals surface area (Å²) in [4.78, 5) is 0. The fourth-order valence-electron chi connectivity index (χ4n) is 2.54. The molecule has 78 valence electrons. The van der Waals surface area contributed by atoms with E-state index in [1.54, 1.807) is 0 Å². The van der Waals surface area contributed by atoms with Gasteiger partial charge in [0, 0.05) is 11.5 Å². The average Bonchev–Trinajstić information content (AvgIpc) is 2.72. The molecule has 0 bridgehead atoms. The molecule has 2 rings (SSSR count). The average molecular weight is 193 g/mol. The van der Waals surface area contributed by atoms with Crippen molar-refractivity contribution >= 4 is 0 Å². The number of furan rings is 1. The van der Waals surface area contributed by atoms with Crippen LogP contribution in [0.2, 0.25) is 0 Å². The quantitative estimate of drug-likeness (QED) is 0.781. The Labute approximate surface area is 85.7 Å². The Morgan fingerprint density at radius 2 is 2.36 bits per heavy atom. The zero-order valence-corrected chi connectivity index (χ0v) is 9.26. The zero-order valence-electron chi connectivity index (χ0n) is 9.26. The second-order valence-corrected chi connectivity index (χ2v) is 4.49. The maximum absolute atomic E-state index is 5.76. The number of hydrogen-bond acceptors (Lipinski definition) is 2. The summed E-state index contributed by atoms with van der Waals surface area (Å²) in [6, 6.07) is 4.75. The highest BCUT2D eigenvalue weighted by atomic mass is 16.3. The monoisotopic (exact) mass is 193 g/mol. The lowest BCUT2D eigenvalue weighted by Crippen LogP contribution is -2.36. The Balaban J connectivity index is 2.31. The Bertz CT molecular complexity index is 318. The second kappa shape index (κ2) is 3.43. The van der Waals surface area contributed by atoms with Crippen molar-refractivity contribution < 1.29 is 4.42 Å². The lowest BCUT2D eigenvalue weighted by Gasteiger charge is -2.28. The van der Waals surface area contributed by atoms with Gasteiger partial charge in [-0.15, -0.1) is 0 Å². The van der Waals surface area contributed by atoms with Gasteiger partial charge in [0.25, 0.3) is 0 Å². The minimum absolute atomic E-state index is 0.197. The van der Waals surface area contributed by atoms with Crippen LogP contribution in [-0.2, 0) is 5.41 Å². The van der Waals surface area contributed by atoms with Gasteiger partial charge in [0.15, 0.2) is 0 Å². The fraction of sp³-hybridized carbons (Fsp3) is 0.667. The number of aryl methyl sites for hydroxylation is 1. The van der Waals surface area contributed by atoms with Gasteiger partial charge in [0.2, 0.25) is 0 Å². The molecule has 1 aromatic rings. The smallest absolute Gasteiger partial charge is 0.111 e. The molecule has 2 heteroatoms. The van der Waals surface area contributed by atoms with E-state index in [0.29, 0.717) is 6.04 Å². The van der Waals surface area contributed by atoms with Gasteiger partial charge in [-0.1, -0.05) is 13.8 Å².